The Morgan fingerprint density at radius 2 is 2.58 bits per heavy atom. The Kier molecular flexibility index (Phi) is 1.98. The number of rotatable bonds is 2. The minimum absolute atomic E-state index is 0.00708. The molecule has 0 N–H and O–H groups in total. The van der Waals surface area contributed by atoms with Crippen LogP contribution in [0.25, 0.3) is 0 Å². The van der Waals surface area contributed by atoms with Gasteiger partial charge in [-0.3, -0.25) is 4.79 Å². The molecular weight excluding hydrogens is 156 g/mol. The van der Waals surface area contributed by atoms with Gasteiger partial charge in [-0.15, -0.1) is 0 Å². The zero-order valence-corrected chi connectivity index (χ0v) is 7.03. The van der Waals surface area contributed by atoms with Crippen molar-refractivity contribution in [2.24, 2.45) is 0 Å². The van der Waals surface area contributed by atoms with Gasteiger partial charge in [-0.25, -0.2) is 0 Å². The maximum atomic E-state index is 11.1. The Balaban J connectivity index is 2.07. The molecule has 0 spiro atoms. The van der Waals surface area contributed by atoms with Gasteiger partial charge in [0.05, 0.1) is 6.10 Å². The molecule has 2 aliphatic heterocycles. The second-order valence-corrected chi connectivity index (χ2v) is 3.08. The smallest absolute Gasteiger partial charge is 0.184 e. The molecule has 3 heteroatoms. The van der Waals surface area contributed by atoms with Crippen molar-refractivity contribution in [1.29, 1.82) is 0 Å². The SMILES string of the molecule is CCO[C@H]1C[C@H]2O[C@H]1C=CC2=O. The topological polar surface area (TPSA) is 35.5 Å². The number of hydrogen-bond acceptors (Lipinski definition) is 3. The third kappa shape index (κ3) is 1.19. The molecular formula is C9H12O3. The van der Waals surface area contributed by atoms with E-state index in [0.717, 1.165) is 0 Å². The molecule has 0 aromatic carbocycles. The van der Waals surface area contributed by atoms with E-state index in [1.807, 2.05) is 6.92 Å². The summed E-state index contributed by atoms with van der Waals surface area (Å²) >= 11 is 0. The van der Waals surface area contributed by atoms with Crippen LogP contribution in [0.1, 0.15) is 13.3 Å². The molecule has 12 heavy (non-hydrogen) atoms. The number of ether oxygens (including phenoxy) is 2. The zero-order valence-electron chi connectivity index (χ0n) is 7.03. The largest absolute Gasteiger partial charge is 0.375 e. The first-order chi connectivity index (χ1) is 5.81. The number of fused-ring (bicyclic) bond motifs is 2. The number of carbonyl (C=O) groups is 1. The first kappa shape index (κ1) is 7.95. The molecule has 2 aliphatic rings. The summed E-state index contributed by atoms with van der Waals surface area (Å²) in [6, 6.07) is 0. The van der Waals surface area contributed by atoms with E-state index in [9.17, 15) is 4.79 Å². The Morgan fingerprint density at radius 3 is 3.25 bits per heavy atom. The zero-order chi connectivity index (χ0) is 8.55. The third-order valence-electron chi connectivity index (χ3n) is 2.28. The average molecular weight is 168 g/mol. The van der Waals surface area contributed by atoms with Crippen molar-refractivity contribution in [3.63, 3.8) is 0 Å². The van der Waals surface area contributed by atoms with Crippen LogP contribution < -0.4 is 0 Å². The minimum Gasteiger partial charge on any atom is -0.375 e. The predicted molar refractivity (Wildman–Crippen MR) is 42.8 cm³/mol. The van der Waals surface area contributed by atoms with Crippen molar-refractivity contribution in [3.8, 4) is 0 Å². The fraction of sp³-hybridized carbons (Fsp3) is 0.667. The van der Waals surface area contributed by atoms with Crippen LogP contribution in [0.3, 0.4) is 0 Å². The van der Waals surface area contributed by atoms with Crippen LogP contribution in [-0.2, 0) is 14.3 Å². The quantitative estimate of drug-likeness (QED) is 0.608. The fourth-order valence-electron chi connectivity index (χ4n) is 1.70. The Hall–Kier alpha value is -0.670. The molecule has 1 fully saturated rings. The Bertz CT molecular complexity index is 222. The van der Waals surface area contributed by atoms with Gasteiger partial charge < -0.3 is 9.47 Å². The molecule has 0 unspecified atom stereocenters. The summed E-state index contributed by atoms with van der Waals surface area (Å²) in [4.78, 5) is 11.1. The highest BCUT2D eigenvalue weighted by molar-refractivity contribution is 5.94. The highest BCUT2D eigenvalue weighted by Gasteiger charge is 2.39. The van der Waals surface area contributed by atoms with Gasteiger partial charge in [0, 0.05) is 13.0 Å². The summed E-state index contributed by atoms with van der Waals surface area (Å²) in [6.45, 7) is 2.63. The van der Waals surface area contributed by atoms with Crippen LogP contribution in [0.5, 0.6) is 0 Å². The molecule has 2 heterocycles. The van der Waals surface area contributed by atoms with E-state index in [0.29, 0.717) is 13.0 Å². The van der Waals surface area contributed by atoms with Gasteiger partial charge in [-0.2, -0.15) is 0 Å². The molecule has 1 saturated heterocycles. The summed E-state index contributed by atoms with van der Waals surface area (Å²) < 4.78 is 10.8. The van der Waals surface area contributed by atoms with E-state index in [1.165, 1.54) is 0 Å². The first-order valence-electron chi connectivity index (χ1n) is 4.30. The van der Waals surface area contributed by atoms with Crippen LogP contribution in [0.2, 0.25) is 0 Å². The van der Waals surface area contributed by atoms with E-state index in [4.69, 9.17) is 9.47 Å². The molecule has 3 atom stereocenters. The van der Waals surface area contributed by atoms with E-state index in [2.05, 4.69) is 0 Å². The second-order valence-electron chi connectivity index (χ2n) is 3.08. The molecule has 3 nitrogen and oxygen atoms in total. The van der Waals surface area contributed by atoms with Crippen LogP contribution >= 0.6 is 0 Å². The van der Waals surface area contributed by atoms with Crippen LogP contribution in [0.15, 0.2) is 12.2 Å². The molecule has 0 aromatic rings. The summed E-state index contributed by atoms with van der Waals surface area (Å²) in [6.07, 6.45) is 3.97. The van der Waals surface area contributed by atoms with Gasteiger partial charge in [0.25, 0.3) is 0 Å². The number of hydrogen-bond donors (Lipinski definition) is 0. The lowest BCUT2D eigenvalue weighted by Gasteiger charge is -2.15. The van der Waals surface area contributed by atoms with Gasteiger partial charge in [0.2, 0.25) is 0 Å². The minimum atomic E-state index is -0.239. The Labute approximate surface area is 71.3 Å². The molecule has 2 bridgehead atoms. The van der Waals surface area contributed by atoms with Gasteiger partial charge in [0.15, 0.2) is 5.78 Å². The van der Waals surface area contributed by atoms with Gasteiger partial charge >= 0.3 is 0 Å². The number of ketones is 1. The highest BCUT2D eigenvalue weighted by Crippen LogP contribution is 2.28. The maximum absolute atomic E-state index is 11.1. The van der Waals surface area contributed by atoms with Crippen LogP contribution in [0.4, 0.5) is 0 Å². The molecule has 0 radical (unpaired) electrons. The normalized spacial score (nSPS) is 39.1. The van der Waals surface area contributed by atoms with E-state index in [1.54, 1.807) is 12.2 Å². The van der Waals surface area contributed by atoms with Gasteiger partial charge in [-0.05, 0) is 19.1 Å². The molecule has 0 aromatic heterocycles. The van der Waals surface area contributed by atoms with Crippen LogP contribution in [0, 0.1) is 0 Å². The van der Waals surface area contributed by atoms with Crippen molar-refractivity contribution in [1.82, 2.24) is 0 Å². The van der Waals surface area contributed by atoms with E-state index in [-0.39, 0.29) is 24.1 Å². The van der Waals surface area contributed by atoms with Crippen molar-refractivity contribution in [2.45, 2.75) is 31.7 Å². The van der Waals surface area contributed by atoms with Crippen LogP contribution in [-0.4, -0.2) is 30.7 Å². The van der Waals surface area contributed by atoms with Crippen molar-refractivity contribution >= 4 is 5.78 Å². The van der Waals surface area contributed by atoms with Crippen molar-refractivity contribution in [3.05, 3.63) is 12.2 Å². The summed E-state index contributed by atoms with van der Waals surface area (Å²) in [5.74, 6) is 0.0773. The Morgan fingerprint density at radius 1 is 1.75 bits per heavy atom. The lowest BCUT2D eigenvalue weighted by molar-refractivity contribution is -0.125. The predicted octanol–water partition coefficient (Wildman–Crippen LogP) is 0.688. The molecule has 66 valence electrons. The lowest BCUT2D eigenvalue weighted by Crippen LogP contribution is -2.25. The first-order valence-corrected chi connectivity index (χ1v) is 4.30. The lowest BCUT2D eigenvalue weighted by atomic mass is 10.1. The second kappa shape index (κ2) is 2.99. The summed E-state index contributed by atoms with van der Waals surface area (Å²) in [5.41, 5.74) is 0. The number of carbonyl (C=O) groups excluding carboxylic acids is 1. The molecule has 0 saturated carbocycles. The van der Waals surface area contributed by atoms with Gasteiger partial charge in [0.1, 0.15) is 12.2 Å². The molecule has 0 amide bonds. The molecule has 0 aliphatic carbocycles. The monoisotopic (exact) mass is 168 g/mol. The summed E-state index contributed by atoms with van der Waals surface area (Å²) in [5, 5.41) is 0. The van der Waals surface area contributed by atoms with E-state index >= 15 is 0 Å². The summed E-state index contributed by atoms with van der Waals surface area (Å²) in [7, 11) is 0. The van der Waals surface area contributed by atoms with E-state index < -0.39 is 0 Å². The standard InChI is InChI=1S/C9H12O3/c1-2-11-9-5-8-6(10)3-4-7(9)12-8/h3-4,7-9H,2,5H2,1H3/t7-,8+,9-/m0/s1. The molecule has 2 rings (SSSR count). The fourth-order valence-corrected chi connectivity index (χ4v) is 1.70. The maximum Gasteiger partial charge on any atom is 0.184 e. The van der Waals surface area contributed by atoms with Crippen molar-refractivity contribution in [2.75, 3.05) is 6.61 Å². The highest BCUT2D eigenvalue weighted by atomic mass is 16.6. The third-order valence-corrected chi connectivity index (χ3v) is 2.28. The van der Waals surface area contributed by atoms with Crippen molar-refractivity contribution < 1.29 is 14.3 Å². The average Bonchev–Trinajstić information content (AvgIpc) is 2.39. The van der Waals surface area contributed by atoms with Gasteiger partial charge in [-0.1, -0.05) is 0 Å².